The summed E-state index contributed by atoms with van der Waals surface area (Å²) in [7, 11) is 0. The molecule has 0 aliphatic carbocycles. The zero-order chi connectivity index (χ0) is 16.8. The highest BCUT2D eigenvalue weighted by atomic mass is 16.7. The molecule has 8 nitrogen and oxygen atoms in total. The highest BCUT2D eigenvalue weighted by Crippen LogP contribution is 2.23. The molecule has 0 radical (unpaired) electrons. The SMILES string of the molecule is CC(C)(C)n1cnc(C(=O)ON2C(=O)c3ccccc3C2=O)n1. The molecule has 0 spiro atoms. The maximum absolute atomic E-state index is 12.1. The van der Waals surface area contributed by atoms with Crippen molar-refractivity contribution in [2.24, 2.45) is 0 Å². The maximum atomic E-state index is 12.1. The van der Waals surface area contributed by atoms with E-state index in [4.69, 9.17) is 4.84 Å². The van der Waals surface area contributed by atoms with Crippen LogP contribution < -0.4 is 0 Å². The number of nitrogens with zero attached hydrogens (tertiary/aromatic N) is 4. The standard InChI is InChI=1S/C15H14N4O4/c1-15(2,3)18-8-16-11(17-18)14(22)23-19-12(20)9-6-4-5-7-10(9)13(19)21/h4-8H,1-3H3. The number of hydrogen-bond acceptors (Lipinski definition) is 6. The van der Waals surface area contributed by atoms with Crippen LogP contribution in [0.4, 0.5) is 0 Å². The van der Waals surface area contributed by atoms with E-state index < -0.39 is 17.8 Å². The van der Waals surface area contributed by atoms with Crippen LogP contribution in [0.25, 0.3) is 0 Å². The van der Waals surface area contributed by atoms with Crippen LogP contribution in [0.1, 0.15) is 52.1 Å². The lowest BCUT2D eigenvalue weighted by atomic mass is 10.1. The van der Waals surface area contributed by atoms with Crippen LogP contribution in [0.15, 0.2) is 30.6 Å². The van der Waals surface area contributed by atoms with Gasteiger partial charge in [-0.05, 0) is 32.9 Å². The van der Waals surface area contributed by atoms with E-state index in [0.29, 0.717) is 5.06 Å². The van der Waals surface area contributed by atoms with Gasteiger partial charge in [0, 0.05) is 0 Å². The smallest absolute Gasteiger partial charge is 0.321 e. The highest BCUT2D eigenvalue weighted by Gasteiger charge is 2.39. The Morgan fingerprint density at radius 3 is 2.13 bits per heavy atom. The Bertz CT molecular complexity index is 784. The van der Waals surface area contributed by atoms with E-state index in [-0.39, 0.29) is 22.5 Å². The molecule has 1 aromatic heterocycles. The van der Waals surface area contributed by atoms with Gasteiger partial charge in [-0.25, -0.2) is 14.5 Å². The fraction of sp³-hybridized carbons (Fsp3) is 0.267. The van der Waals surface area contributed by atoms with E-state index in [1.807, 2.05) is 20.8 Å². The Morgan fingerprint density at radius 1 is 1.09 bits per heavy atom. The first-order valence-corrected chi connectivity index (χ1v) is 6.91. The molecule has 0 atom stereocenters. The van der Waals surface area contributed by atoms with E-state index in [1.54, 1.807) is 12.1 Å². The third kappa shape index (κ3) is 2.48. The Hall–Kier alpha value is -3.03. The van der Waals surface area contributed by atoms with Gasteiger partial charge in [-0.2, -0.15) is 0 Å². The Kier molecular flexibility index (Phi) is 3.24. The van der Waals surface area contributed by atoms with Gasteiger partial charge in [0.1, 0.15) is 6.33 Å². The molecule has 0 unspecified atom stereocenters. The van der Waals surface area contributed by atoms with Crippen molar-refractivity contribution in [2.45, 2.75) is 26.3 Å². The summed E-state index contributed by atoms with van der Waals surface area (Å²) in [6.07, 6.45) is 1.39. The Balaban J connectivity index is 1.81. The number of rotatable bonds is 2. The number of fused-ring (bicyclic) bond motifs is 1. The molecule has 0 N–H and O–H groups in total. The van der Waals surface area contributed by atoms with Gasteiger partial charge in [0.05, 0.1) is 16.7 Å². The summed E-state index contributed by atoms with van der Waals surface area (Å²) < 4.78 is 1.49. The van der Waals surface area contributed by atoms with Crippen molar-refractivity contribution in [3.8, 4) is 0 Å². The predicted octanol–water partition coefficient (Wildman–Crippen LogP) is 1.40. The molecule has 2 amide bonds. The van der Waals surface area contributed by atoms with Gasteiger partial charge in [-0.3, -0.25) is 9.59 Å². The van der Waals surface area contributed by atoms with Crippen molar-refractivity contribution in [2.75, 3.05) is 0 Å². The van der Waals surface area contributed by atoms with Crippen LogP contribution in [0.3, 0.4) is 0 Å². The summed E-state index contributed by atoms with van der Waals surface area (Å²) >= 11 is 0. The molecule has 2 aromatic rings. The monoisotopic (exact) mass is 314 g/mol. The summed E-state index contributed by atoms with van der Waals surface area (Å²) in [4.78, 5) is 45.1. The number of benzene rings is 1. The molecule has 3 rings (SSSR count). The van der Waals surface area contributed by atoms with E-state index in [9.17, 15) is 14.4 Å². The summed E-state index contributed by atoms with van der Waals surface area (Å²) in [5, 5.41) is 4.44. The molecule has 0 saturated carbocycles. The minimum Gasteiger partial charge on any atom is -0.321 e. The zero-order valence-corrected chi connectivity index (χ0v) is 12.8. The average Bonchev–Trinajstić information content (AvgIpc) is 3.08. The number of amides is 2. The minimum atomic E-state index is -0.970. The van der Waals surface area contributed by atoms with Crippen LogP contribution in [0.5, 0.6) is 0 Å². The fourth-order valence-corrected chi connectivity index (χ4v) is 2.05. The molecular formula is C15H14N4O4. The molecule has 8 heteroatoms. The number of imide groups is 1. The topological polar surface area (TPSA) is 94.4 Å². The third-order valence-corrected chi connectivity index (χ3v) is 3.29. The van der Waals surface area contributed by atoms with Crippen molar-refractivity contribution < 1.29 is 19.2 Å². The highest BCUT2D eigenvalue weighted by molar-refractivity contribution is 6.21. The molecule has 0 bridgehead atoms. The second-order valence-corrected chi connectivity index (χ2v) is 6.01. The van der Waals surface area contributed by atoms with Crippen LogP contribution in [0, 0.1) is 0 Å². The van der Waals surface area contributed by atoms with Crippen LogP contribution >= 0.6 is 0 Å². The van der Waals surface area contributed by atoms with Crippen LogP contribution in [-0.4, -0.2) is 37.6 Å². The third-order valence-electron chi connectivity index (χ3n) is 3.29. The quantitative estimate of drug-likeness (QED) is 0.778. The zero-order valence-electron chi connectivity index (χ0n) is 12.8. The Labute approximate surface area is 131 Å². The summed E-state index contributed by atoms with van der Waals surface area (Å²) in [6.45, 7) is 5.67. The van der Waals surface area contributed by atoms with Crippen LogP contribution in [-0.2, 0) is 10.4 Å². The van der Waals surface area contributed by atoms with Crippen LogP contribution in [0.2, 0.25) is 0 Å². The van der Waals surface area contributed by atoms with Crippen molar-refractivity contribution in [3.63, 3.8) is 0 Å². The normalized spacial score (nSPS) is 14.1. The van der Waals surface area contributed by atoms with E-state index in [1.165, 1.54) is 23.1 Å². The minimum absolute atomic E-state index is 0.193. The van der Waals surface area contributed by atoms with Gasteiger partial charge in [0.15, 0.2) is 0 Å². The first-order chi connectivity index (χ1) is 10.8. The van der Waals surface area contributed by atoms with Gasteiger partial charge >= 0.3 is 5.97 Å². The lowest BCUT2D eigenvalue weighted by molar-refractivity contribution is -0.0593. The first kappa shape index (κ1) is 14.9. The molecule has 1 aromatic carbocycles. The fourth-order valence-electron chi connectivity index (χ4n) is 2.05. The lowest BCUT2D eigenvalue weighted by Crippen LogP contribution is -2.33. The van der Waals surface area contributed by atoms with Gasteiger partial charge in [0.25, 0.3) is 17.6 Å². The van der Waals surface area contributed by atoms with Crippen molar-refractivity contribution in [1.29, 1.82) is 0 Å². The van der Waals surface area contributed by atoms with Crippen molar-refractivity contribution in [3.05, 3.63) is 47.5 Å². The van der Waals surface area contributed by atoms with Gasteiger partial charge in [-0.1, -0.05) is 17.2 Å². The van der Waals surface area contributed by atoms with Crippen molar-refractivity contribution in [1.82, 2.24) is 19.8 Å². The average molecular weight is 314 g/mol. The molecule has 1 aliphatic heterocycles. The largest absolute Gasteiger partial charge is 0.403 e. The van der Waals surface area contributed by atoms with Gasteiger partial charge < -0.3 is 4.84 Å². The van der Waals surface area contributed by atoms with E-state index >= 15 is 0 Å². The molecule has 0 fully saturated rings. The predicted molar refractivity (Wildman–Crippen MR) is 77.4 cm³/mol. The molecule has 2 heterocycles. The molecule has 0 saturated heterocycles. The summed E-state index contributed by atoms with van der Waals surface area (Å²) in [5.74, 6) is -2.57. The number of aromatic nitrogens is 3. The Morgan fingerprint density at radius 2 is 1.65 bits per heavy atom. The number of carbonyl (C=O) groups is 3. The van der Waals surface area contributed by atoms with E-state index in [0.717, 1.165) is 0 Å². The first-order valence-electron chi connectivity index (χ1n) is 6.91. The van der Waals surface area contributed by atoms with Gasteiger partial charge in [0.2, 0.25) is 0 Å². The van der Waals surface area contributed by atoms with E-state index in [2.05, 4.69) is 10.1 Å². The van der Waals surface area contributed by atoms with Gasteiger partial charge in [-0.15, -0.1) is 5.10 Å². The molecule has 23 heavy (non-hydrogen) atoms. The lowest BCUT2D eigenvalue weighted by Gasteiger charge is -2.17. The molecular weight excluding hydrogens is 300 g/mol. The number of hydroxylamine groups is 2. The number of hydrogen-bond donors (Lipinski definition) is 0. The molecule has 118 valence electrons. The summed E-state index contributed by atoms with van der Waals surface area (Å²) in [6, 6.07) is 6.25. The maximum Gasteiger partial charge on any atom is 0.403 e. The summed E-state index contributed by atoms with van der Waals surface area (Å²) in [5.41, 5.74) is 0.0260. The number of carbonyl (C=O) groups excluding carboxylic acids is 3. The second kappa shape index (κ2) is 5.01. The van der Waals surface area contributed by atoms with Crippen molar-refractivity contribution >= 4 is 17.8 Å². The second-order valence-electron chi connectivity index (χ2n) is 6.01. The molecule has 1 aliphatic rings.